The van der Waals surface area contributed by atoms with Crippen LogP contribution in [0.1, 0.15) is 11.1 Å². The fourth-order valence-electron chi connectivity index (χ4n) is 2.33. The van der Waals surface area contributed by atoms with E-state index in [9.17, 15) is 18.5 Å². The van der Waals surface area contributed by atoms with E-state index in [1.54, 1.807) is 36.4 Å². The van der Waals surface area contributed by atoms with Crippen LogP contribution in [0.4, 0.5) is 5.69 Å². The SMILES string of the molecule is N#CC(=Cc1ccccc1Cl)C(=O)Nc1ccc2c(c1)S(=O)(=O)C=C2. The first-order chi connectivity index (χ1) is 11.9. The van der Waals surface area contributed by atoms with Crippen LogP contribution in [0, 0.1) is 11.3 Å². The van der Waals surface area contributed by atoms with Crippen LogP contribution in [0.25, 0.3) is 12.2 Å². The molecule has 1 N–H and O–H groups in total. The molecule has 5 nitrogen and oxygen atoms in total. The summed E-state index contributed by atoms with van der Waals surface area (Å²) in [5.74, 6) is -0.647. The average Bonchev–Trinajstić information content (AvgIpc) is 2.89. The van der Waals surface area contributed by atoms with Gasteiger partial charge in [0.1, 0.15) is 11.6 Å². The lowest BCUT2D eigenvalue weighted by atomic mass is 10.1. The number of amides is 1. The number of sulfone groups is 1. The molecular weight excluding hydrogens is 360 g/mol. The maximum absolute atomic E-state index is 12.3. The van der Waals surface area contributed by atoms with Crippen molar-refractivity contribution in [1.29, 1.82) is 5.26 Å². The van der Waals surface area contributed by atoms with Crippen molar-refractivity contribution in [2.24, 2.45) is 0 Å². The van der Waals surface area contributed by atoms with Gasteiger partial charge in [0, 0.05) is 16.1 Å². The minimum absolute atomic E-state index is 0.124. The molecule has 0 bridgehead atoms. The van der Waals surface area contributed by atoms with Crippen molar-refractivity contribution in [3.8, 4) is 6.07 Å². The van der Waals surface area contributed by atoms with Gasteiger partial charge in [-0.25, -0.2) is 8.42 Å². The zero-order valence-corrected chi connectivity index (χ0v) is 14.3. The summed E-state index contributed by atoms with van der Waals surface area (Å²) in [6, 6.07) is 13.2. The number of nitrogens with zero attached hydrogens (tertiary/aromatic N) is 1. The zero-order chi connectivity index (χ0) is 18.0. The van der Waals surface area contributed by atoms with Crippen molar-refractivity contribution in [1.82, 2.24) is 0 Å². The molecule has 0 atom stereocenters. The number of rotatable bonds is 3. The molecule has 2 aromatic rings. The Morgan fingerprint density at radius 1 is 1.20 bits per heavy atom. The molecule has 1 aliphatic rings. The zero-order valence-electron chi connectivity index (χ0n) is 12.7. The summed E-state index contributed by atoms with van der Waals surface area (Å²) >= 11 is 6.03. The third-order valence-corrected chi connectivity index (χ3v) is 5.38. The lowest BCUT2D eigenvalue weighted by Crippen LogP contribution is -2.13. The molecule has 1 aliphatic heterocycles. The monoisotopic (exact) mass is 370 g/mol. The summed E-state index contributed by atoms with van der Waals surface area (Å²) in [4.78, 5) is 12.4. The van der Waals surface area contributed by atoms with E-state index >= 15 is 0 Å². The van der Waals surface area contributed by atoms with Crippen LogP contribution in [0.2, 0.25) is 5.02 Å². The number of fused-ring (bicyclic) bond motifs is 1. The van der Waals surface area contributed by atoms with Gasteiger partial charge in [-0.2, -0.15) is 5.26 Å². The van der Waals surface area contributed by atoms with Crippen LogP contribution in [-0.2, 0) is 14.6 Å². The van der Waals surface area contributed by atoms with Crippen LogP contribution < -0.4 is 5.32 Å². The second-order valence-corrected chi connectivity index (χ2v) is 7.46. The third kappa shape index (κ3) is 3.48. The summed E-state index contributed by atoms with van der Waals surface area (Å²) in [7, 11) is -3.47. The molecule has 2 aromatic carbocycles. The van der Waals surface area contributed by atoms with Gasteiger partial charge in [0.05, 0.1) is 4.90 Å². The van der Waals surface area contributed by atoms with Gasteiger partial charge in [-0.15, -0.1) is 0 Å². The Hall–Kier alpha value is -2.88. The number of carbonyl (C=O) groups excluding carboxylic acids is 1. The number of hydrogen-bond acceptors (Lipinski definition) is 4. The van der Waals surface area contributed by atoms with Crippen LogP contribution in [0.3, 0.4) is 0 Å². The second-order valence-electron chi connectivity index (χ2n) is 5.25. The molecule has 0 saturated heterocycles. The molecule has 7 heteroatoms. The minimum Gasteiger partial charge on any atom is -0.321 e. The van der Waals surface area contributed by atoms with E-state index in [1.165, 1.54) is 18.2 Å². The molecular formula is C18H11ClN2O3S. The summed E-state index contributed by atoms with van der Waals surface area (Å²) in [5, 5.41) is 13.3. The standard InChI is InChI=1S/C18H11ClN2O3S/c19-16-4-2-1-3-13(16)9-14(11-20)18(22)21-15-6-5-12-7-8-25(23,24)17(12)10-15/h1-10H,(H,21,22). The molecule has 3 rings (SSSR count). The first-order valence-electron chi connectivity index (χ1n) is 7.15. The summed E-state index contributed by atoms with van der Waals surface area (Å²) in [6.45, 7) is 0. The molecule has 0 aromatic heterocycles. The van der Waals surface area contributed by atoms with E-state index in [0.717, 1.165) is 5.41 Å². The Morgan fingerprint density at radius 3 is 2.68 bits per heavy atom. The number of anilines is 1. The number of nitriles is 1. The van der Waals surface area contributed by atoms with E-state index in [0.29, 0.717) is 16.1 Å². The molecule has 0 radical (unpaired) electrons. The first-order valence-corrected chi connectivity index (χ1v) is 9.08. The van der Waals surface area contributed by atoms with Crippen LogP contribution in [0.15, 0.2) is 58.3 Å². The highest BCUT2D eigenvalue weighted by atomic mass is 35.5. The van der Waals surface area contributed by atoms with E-state index in [2.05, 4.69) is 5.32 Å². The van der Waals surface area contributed by atoms with Crippen LogP contribution >= 0.6 is 11.6 Å². The van der Waals surface area contributed by atoms with E-state index < -0.39 is 15.7 Å². The van der Waals surface area contributed by atoms with Crippen LogP contribution in [-0.4, -0.2) is 14.3 Å². The van der Waals surface area contributed by atoms with Gasteiger partial charge in [-0.1, -0.05) is 35.9 Å². The molecule has 0 aliphatic carbocycles. The molecule has 0 saturated carbocycles. The fraction of sp³-hybridized carbons (Fsp3) is 0. The summed E-state index contributed by atoms with van der Waals surface area (Å²) in [5.41, 5.74) is 1.24. The highest BCUT2D eigenvalue weighted by molar-refractivity contribution is 7.94. The largest absolute Gasteiger partial charge is 0.321 e. The van der Waals surface area contributed by atoms with E-state index in [1.807, 2.05) is 6.07 Å². The van der Waals surface area contributed by atoms with Crippen molar-refractivity contribution in [2.45, 2.75) is 4.90 Å². The smallest absolute Gasteiger partial charge is 0.266 e. The number of hydrogen-bond donors (Lipinski definition) is 1. The van der Waals surface area contributed by atoms with Crippen molar-refractivity contribution >= 4 is 45.2 Å². The van der Waals surface area contributed by atoms with Gasteiger partial charge in [0.15, 0.2) is 0 Å². The topological polar surface area (TPSA) is 87.0 Å². The molecule has 124 valence electrons. The quantitative estimate of drug-likeness (QED) is 0.660. The van der Waals surface area contributed by atoms with E-state index in [-0.39, 0.29) is 16.2 Å². The minimum atomic E-state index is -3.47. The number of nitrogens with one attached hydrogen (secondary N) is 1. The Bertz CT molecular complexity index is 1080. The van der Waals surface area contributed by atoms with Crippen molar-refractivity contribution in [3.63, 3.8) is 0 Å². The van der Waals surface area contributed by atoms with E-state index in [4.69, 9.17) is 11.6 Å². The summed E-state index contributed by atoms with van der Waals surface area (Å²) < 4.78 is 23.8. The van der Waals surface area contributed by atoms with Gasteiger partial charge >= 0.3 is 0 Å². The molecule has 25 heavy (non-hydrogen) atoms. The Balaban J connectivity index is 1.88. The fourth-order valence-corrected chi connectivity index (χ4v) is 3.75. The Morgan fingerprint density at radius 2 is 1.96 bits per heavy atom. The number of halogens is 1. The predicted molar refractivity (Wildman–Crippen MR) is 96.3 cm³/mol. The lowest BCUT2D eigenvalue weighted by Gasteiger charge is -2.07. The Kier molecular flexibility index (Phi) is 4.45. The maximum Gasteiger partial charge on any atom is 0.266 e. The van der Waals surface area contributed by atoms with Crippen molar-refractivity contribution in [3.05, 3.63) is 69.6 Å². The molecule has 0 fully saturated rings. The number of carbonyl (C=O) groups is 1. The third-order valence-electron chi connectivity index (χ3n) is 3.57. The van der Waals surface area contributed by atoms with Crippen molar-refractivity contribution < 1.29 is 13.2 Å². The first kappa shape index (κ1) is 17.0. The summed E-state index contributed by atoms with van der Waals surface area (Å²) in [6.07, 6.45) is 2.87. The van der Waals surface area contributed by atoms with Gasteiger partial charge in [-0.05, 0) is 41.5 Å². The normalized spacial score (nSPS) is 14.6. The second kappa shape index (κ2) is 6.55. The average molecular weight is 371 g/mol. The lowest BCUT2D eigenvalue weighted by molar-refractivity contribution is -0.112. The predicted octanol–water partition coefficient (Wildman–Crippen LogP) is 3.64. The van der Waals surface area contributed by atoms with Crippen LogP contribution in [0.5, 0.6) is 0 Å². The maximum atomic E-state index is 12.3. The van der Waals surface area contributed by atoms with Gasteiger partial charge in [-0.3, -0.25) is 4.79 Å². The highest BCUT2D eigenvalue weighted by Crippen LogP contribution is 2.29. The number of benzene rings is 2. The molecule has 0 unspecified atom stereocenters. The van der Waals surface area contributed by atoms with Gasteiger partial charge in [0.2, 0.25) is 9.84 Å². The van der Waals surface area contributed by atoms with Crippen molar-refractivity contribution in [2.75, 3.05) is 5.32 Å². The molecule has 1 amide bonds. The Labute approximate surface area is 149 Å². The molecule has 1 heterocycles. The van der Waals surface area contributed by atoms with Gasteiger partial charge in [0.25, 0.3) is 5.91 Å². The molecule has 0 spiro atoms. The highest BCUT2D eigenvalue weighted by Gasteiger charge is 2.21. The van der Waals surface area contributed by atoms with Gasteiger partial charge < -0.3 is 5.32 Å².